The summed E-state index contributed by atoms with van der Waals surface area (Å²) in [5.74, 6) is -0.346. The Labute approximate surface area is 199 Å². The van der Waals surface area contributed by atoms with Gasteiger partial charge in [-0.15, -0.1) is 0 Å². The van der Waals surface area contributed by atoms with Crippen LogP contribution in [0.3, 0.4) is 0 Å². The van der Waals surface area contributed by atoms with Crippen molar-refractivity contribution in [1.29, 1.82) is 0 Å². The summed E-state index contributed by atoms with van der Waals surface area (Å²) in [5, 5.41) is 7.28. The predicted molar refractivity (Wildman–Crippen MR) is 131 cm³/mol. The maximum Gasteiger partial charge on any atom is 0.267 e. The molecule has 8 nitrogen and oxygen atoms in total. The third-order valence-corrected chi connectivity index (χ3v) is 8.06. The van der Waals surface area contributed by atoms with Crippen molar-refractivity contribution in [1.82, 2.24) is 14.1 Å². The van der Waals surface area contributed by atoms with Crippen molar-refractivity contribution in [3.8, 4) is 11.3 Å². The van der Waals surface area contributed by atoms with E-state index in [0.717, 1.165) is 12.8 Å². The SMILES string of the molecule is CC[C@@H](C(=O)Nc1ccccc1)n1nc(-c2ccc(C)c(S(=O)(=O)N3CCCC3)c2)ccc1=O. The van der Waals surface area contributed by atoms with Gasteiger partial charge in [-0.2, -0.15) is 9.40 Å². The fourth-order valence-electron chi connectivity index (χ4n) is 4.12. The van der Waals surface area contributed by atoms with Crippen LogP contribution in [-0.4, -0.2) is 41.5 Å². The van der Waals surface area contributed by atoms with Crippen LogP contribution in [0.1, 0.15) is 37.8 Å². The molecule has 34 heavy (non-hydrogen) atoms. The number of hydrogen-bond donors (Lipinski definition) is 1. The lowest BCUT2D eigenvalue weighted by Gasteiger charge is -2.19. The van der Waals surface area contributed by atoms with Crippen molar-refractivity contribution in [3.63, 3.8) is 0 Å². The van der Waals surface area contributed by atoms with Gasteiger partial charge in [-0.25, -0.2) is 13.1 Å². The first-order chi connectivity index (χ1) is 16.3. The molecular weight excluding hydrogens is 452 g/mol. The third-order valence-electron chi connectivity index (χ3n) is 6.02. The van der Waals surface area contributed by atoms with E-state index in [1.54, 1.807) is 43.3 Å². The number of aromatic nitrogens is 2. The lowest BCUT2D eigenvalue weighted by Crippen LogP contribution is -2.34. The average molecular weight is 481 g/mol. The first kappa shape index (κ1) is 23.8. The molecule has 0 unspecified atom stereocenters. The van der Waals surface area contributed by atoms with Crippen molar-refractivity contribution in [3.05, 3.63) is 76.6 Å². The first-order valence-corrected chi connectivity index (χ1v) is 12.8. The summed E-state index contributed by atoms with van der Waals surface area (Å²) in [6, 6.07) is 16.2. The van der Waals surface area contributed by atoms with Gasteiger partial charge in [0.25, 0.3) is 5.56 Å². The number of rotatable bonds is 7. The summed E-state index contributed by atoms with van der Waals surface area (Å²) in [7, 11) is -3.61. The molecule has 1 N–H and O–H groups in total. The molecule has 0 spiro atoms. The van der Waals surface area contributed by atoms with Gasteiger partial charge >= 0.3 is 0 Å². The Balaban J connectivity index is 1.69. The topological polar surface area (TPSA) is 101 Å². The van der Waals surface area contributed by atoms with Gasteiger partial charge in [-0.1, -0.05) is 37.3 Å². The minimum atomic E-state index is -3.61. The Kier molecular flexibility index (Phi) is 6.95. The predicted octanol–water partition coefficient (Wildman–Crippen LogP) is 3.59. The molecule has 3 aromatic rings. The van der Waals surface area contributed by atoms with Crippen molar-refractivity contribution in [2.75, 3.05) is 18.4 Å². The van der Waals surface area contributed by atoms with E-state index in [-0.39, 0.29) is 10.8 Å². The van der Waals surface area contributed by atoms with Crippen LogP contribution >= 0.6 is 0 Å². The van der Waals surface area contributed by atoms with Crippen LogP contribution in [0.15, 0.2) is 70.4 Å². The van der Waals surface area contributed by atoms with Crippen LogP contribution < -0.4 is 10.9 Å². The van der Waals surface area contributed by atoms with Crippen LogP contribution in [0.5, 0.6) is 0 Å². The van der Waals surface area contributed by atoms with Crippen LogP contribution in [0.25, 0.3) is 11.3 Å². The van der Waals surface area contributed by atoms with Gasteiger partial charge < -0.3 is 5.32 Å². The molecule has 9 heteroatoms. The number of amides is 1. The molecule has 1 atom stereocenters. The molecule has 1 fully saturated rings. The summed E-state index contributed by atoms with van der Waals surface area (Å²) < 4.78 is 29.0. The Morgan fingerprint density at radius 3 is 2.44 bits per heavy atom. The Morgan fingerprint density at radius 1 is 1.06 bits per heavy atom. The number of nitrogens with one attached hydrogen (secondary N) is 1. The molecule has 2 aromatic carbocycles. The van der Waals surface area contributed by atoms with Crippen molar-refractivity contribution in [2.24, 2.45) is 0 Å². The summed E-state index contributed by atoms with van der Waals surface area (Å²) >= 11 is 0. The van der Waals surface area contributed by atoms with Gasteiger partial charge in [0.15, 0.2) is 0 Å². The minimum absolute atomic E-state index is 0.236. The van der Waals surface area contributed by atoms with Gasteiger partial charge in [0.05, 0.1) is 10.6 Å². The second-order valence-electron chi connectivity index (χ2n) is 8.37. The van der Waals surface area contributed by atoms with Gasteiger partial charge in [0.1, 0.15) is 6.04 Å². The monoisotopic (exact) mass is 480 g/mol. The number of carbonyl (C=O) groups is 1. The molecule has 178 valence electrons. The van der Waals surface area contributed by atoms with Crippen molar-refractivity contribution >= 4 is 21.6 Å². The quantitative estimate of drug-likeness (QED) is 0.557. The second kappa shape index (κ2) is 9.90. The number of aryl methyl sites for hydroxylation is 1. The summed E-state index contributed by atoms with van der Waals surface area (Å²) in [6.45, 7) is 4.61. The largest absolute Gasteiger partial charge is 0.324 e. The van der Waals surface area contributed by atoms with E-state index in [1.807, 2.05) is 25.1 Å². The van der Waals surface area contributed by atoms with Crippen LogP contribution in [0, 0.1) is 6.92 Å². The molecular formula is C25H28N4O4S. The van der Waals surface area contributed by atoms with Gasteiger partial charge in [-0.05, 0) is 56.0 Å². The summed E-state index contributed by atoms with van der Waals surface area (Å²) in [4.78, 5) is 25.8. The number of anilines is 1. The zero-order chi connectivity index (χ0) is 24.3. The molecule has 1 aliphatic rings. The summed E-state index contributed by atoms with van der Waals surface area (Å²) in [6.07, 6.45) is 2.07. The fourth-order valence-corrected chi connectivity index (χ4v) is 5.89. The highest BCUT2D eigenvalue weighted by Crippen LogP contribution is 2.28. The highest BCUT2D eigenvalue weighted by molar-refractivity contribution is 7.89. The Hall–Kier alpha value is -3.30. The smallest absolute Gasteiger partial charge is 0.267 e. The Bertz CT molecular complexity index is 1350. The average Bonchev–Trinajstić information content (AvgIpc) is 3.38. The molecule has 4 rings (SSSR count). The molecule has 1 aliphatic heterocycles. The zero-order valence-electron chi connectivity index (χ0n) is 19.3. The number of para-hydroxylation sites is 1. The van der Waals surface area contributed by atoms with E-state index in [4.69, 9.17) is 0 Å². The van der Waals surface area contributed by atoms with Crippen molar-refractivity contribution < 1.29 is 13.2 Å². The fraction of sp³-hybridized carbons (Fsp3) is 0.320. The van der Waals surface area contributed by atoms with E-state index >= 15 is 0 Å². The van der Waals surface area contributed by atoms with E-state index in [0.29, 0.717) is 42.0 Å². The summed E-state index contributed by atoms with van der Waals surface area (Å²) in [5.41, 5.74) is 1.86. The van der Waals surface area contributed by atoms with Crippen LogP contribution in [0.4, 0.5) is 5.69 Å². The number of sulfonamides is 1. The molecule has 0 bridgehead atoms. The van der Waals surface area contributed by atoms with Gasteiger partial charge in [-0.3, -0.25) is 9.59 Å². The van der Waals surface area contributed by atoms with E-state index in [1.165, 1.54) is 15.1 Å². The maximum absolute atomic E-state index is 13.2. The molecule has 0 aliphatic carbocycles. The first-order valence-electron chi connectivity index (χ1n) is 11.4. The highest BCUT2D eigenvalue weighted by atomic mass is 32.2. The number of nitrogens with zero attached hydrogens (tertiary/aromatic N) is 3. The normalized spacial score (nSPS) is 15.2. The standard InChI is InChI=1S/C25H28N4O4S/c1-3-22(25(31)26-20-9-5-4-6-10-20)29-24(30)14-13-21(27-29)19-12-11-18(2)23(17-19)34(32,33)28-15-7-8-16-28/h4-6,9-14,17,22H,3,7-8,15-16H2,1-2H3,(H,26,31)/t22-/m0/s1. The molecule has 2 heterocycles. The number of carbonyl (C=O) groups excluding carboxylic acids is 1. The molecule has 1 aromatic heterocycles. The maximum atomic E-state index is 13.2. The van der Waals surface area contributed by atoms with Gasteiger partial charge in [0.2, 0.25) is 15.9 Å². The van der Waals surface area contributed by atoms with E-state index in [9.17, 15) is 18.0 Å². The minimum Gasteiger partial charge on any atom is -0.324 e. The van der Waals surface area contributed by atoms with Gasteiger partial charge in [0, 0.05) is 30.4 Å². The highest BCUT2D eigenvalue weighted by Gasteiger charge is 2.29. The van der Waals surface area contributed by atoms with Crippen LogP contribution in [0.2, 0.25) is 0 Å². The number of hydrogen-bond acceptors (Lipinski definition) is 5. The second-order valence-corrected chi connectivity index (χ2v) is 10.3. The lowest BCUT2D eigenvalue weighted by molar-refractivity contribution is -0.119. The van der Waals surface area contributed by atoms with Crippen LogP contribution in [-0.2, 0) is 14.8 Å². The Morgan fingerprint density at radius 2 is 1.76 bits per heavy atom. The molecule has 0 radical (unpaired) electrons. The van der Waals surface area contributed by atoms with E-state index < -0.39 is 21.6 Å². The third kappa shape index (κ3) is 4.80. The molecule has 1 saturated heterocycles. The molecule has 0 saturated carbocycles. The van der Waals surface area contributed by atoms with E-state index in [2.05, 4.69) is 10.4 Å². The van der Waals surface area contributed by atoms with Crippen molar-refractivity contribution in [2.45, 2.75) is 44.0 Å². The molecule has 1 amide bonds. The lowest BCUT2D eigenvalue weighted by atomic mass is 10.1. The zero-order valence-corrected chi connectivity index (χ0v) is 20.1. The number of benzene rings is 2.